The van der Waals surface area contributed by atoms with Gasteiger partial charge in [-0.15, -0.1) is 13.2 Å². The maximum atomic E-state index is 10.5. The first-order chi connectivity index (χ1) is 8.10. The van der Waals surface area contributed by atoms with Gasteiger partial charge in [0.15, 0.2) is 0 Å². The zero-order valence-electron chi connectivity index (χ0n) is 9.04. The van der Waals surface area contributed by atoms with Crippen molar-refractivity contribution in [2.75, 3.05) is 18.0 Å². The molecule has 1 rings (SSSR count). The number of aromatic nitrogens is 2. The van der Waals surface area contributed by atoms with E-state index in [0.717, 1.165) is 6.20 Å². The fourth-order valence-electron chi connectivity index (χ4n) is 1.17. The Morgan fingerprint density at radius 1 is 1.47 bits per heavy atom. The number of nitro groups is 1. The molecule has 0 aliphatic carbocycles. The van der Waals surface area contributed by atoms with Gasteiger partial charge in [0, 0.05) is 13.1 Å². The van der Waals surface area contributed by atoms with Crippen LogP contribution in [0.3, 0.4) is 0 Å². The van der Waals surface area contributed by atoms with Gasteiger partial charge in [0.2, 0.25) is 11.1 Å². The number of anilines is 1. The third kappa shape index (κ3) is 3.25. The molecule has 0 aliphatic heterocycles. The van der Waals surface area contributed by atoms with Crippen molar-refractivity contribution in [2.24, 2.45) is 0 Å². The molecule has 0 aromatic carbocycles. The van der Waals surface area contributed by atoms with Crippen LogP contribution >= 0.6 is 11.6 Å². The highest BCUT2D eigenvalue weighted by atomic mass is 35.5. The molecule has 0 N–H and O–H groups in total. The Morgan fingerprint density at radius 2 is 2.06 bits per heavy atom. The molecule has 0 bridgehead atoms. The van der Waals surface area contributed by atoms with E-state index in [4.69, 9.17) is 11.6 Å². The van der Waals surface area contributed by atoms with Crippen LogP contribution in [-0.2, 0) is 0 Å². The van der Waals surface area contributed by atoms with Crippen molar-refractivity contribution in [3.05, 3.63) is 46.8 Å². The van der Waals surface area contributed by atoms with Crippen LogP contribution in [0, 0.1) is 10.1 Å². The van der Waals surface area contributed by atoms with Crippen molar-refractivity contribution in [3.63, 3.8) is 0 Å². The summed E-state index contributed by atoms with van der Waals surface area (Å²) in [6, 6.07) is 0. The summed E-state index contributed by atoms with van der Waals surface area (Å²) in [6.45, 7) is 8.21. The van der Waals surface area contributed by atoms with Crippen LogP contribution in [-0.4, -0.2) is 28.0 Å². The van der Waals surface area contributed by atoms with Gasteiger partial charge < -0.3 is 4.90 Å². The second-order valence-electron chi connectivity index (χ2n) is 3.09. The van der Waals surface area contributed by atoms with Crippen LogP contribution in [0.5, 0.6) is 0 Å². The number of nitrogens with zero attached hydrogens (tertiary/aromatic N) is 4. The van der Waals surface area contributed by atoms with Crippen LogP contribution in [0.2, 0.25) is 5.15 Å². The first kappa shape index (κ1) is 13.1. The summed E-state index contributed by atoms with van der Waals surface area (Å²) in [5, 5.41) is 10.4. The van der Waals surface area contributed by atoms with Gasteiger partial charge in [-0.3, -0.25) is 10.1 Å². The van der Waals surface area contributed by atoms with E-state index in [0.29, 0.717) is 19.0 Å². The van der Waals surface area contributed by atoms with E-state index in [9.17, 15) is 10.1 Å². The predicted octanol–water partition coefficient (Wildman–Crippen LogP) is 2.22. The van der Waals surface area contributed by atoms with E-state index >= 15 is 0 Å². The molecule has 0 atom stereocenters. The number of rotatable bonds is 6. The highest BCUT2D eigenvalue weighted by Crippen LogP contribution is 2.22. The summed E-state index contributed by atoms with van der Waals surface area (Å²) in [7, 11) is 0. The van der Waals surface area contributed by atoms with E-state index in [1.54, 1.807) is 17.1 Å². The monoisotopic (exact) mass is 254 g/mol. The minimum Gasteiger partial charge on any atom is -0.333 e. The van der Waals surface area contributed by atoms with Crippen LogP contribution in [0.4, 0.5) is 11.6 Å². The zero-order valence-corrected chi connectivity index (χ0v) is 9.80. The highest BCUT2D eigenvalue weighted by Gasteiger charge is 2.17. The fourth-order valence-corrected chi connectivity index (χ4v) is 1.36. The Labute approximate surface area is 103 Å². The van der Waals surface area contributed by atoms with Crippen LogP contribution in [0.1, 0.15) is 0 Å². The SMILES string of the molecule is C=CCN(CC=C)c1ncc([N+](=O)[O-])c(Cl)n1. The first-order valence-corrected chi connectivity index (χ1v) is 5.11. The second-order valence-corrected chi connectivity index (χ2v) is 3.44. The van der Waals surface area contributed by atoms with Gasteiger partial charge in [-0.2, -0.15) is 4.98 Å². The Hall–Kier alpha value is -1.95. The van der Waals surface area contributed by atoms with Gasteiger partial charge >= 0.3 is 5.69 Å². The smallest absolute Gasteiger partial charge is 0.324 e. The average Bonchev–Trinajstić information content (AvgIpc) is 2.28. The van der Waals surface area contributed by atoms with E-state index < -0.39 is 4.92 Å². The Balaban J connectivity index is 3.04. The molecule has 90 valence electrons. The van der Waals surface area contributed by atoms with Crippen molar-refractivity contribution >= 4 is 23.2 Å². The molecule has 0 radical (unpaired) electrons. The largest absolute Gasteiger partial charge is 0.333 e. The molecular weight excluding hydrogens is 244 g/mol. The van der Waals surface area contributed by atoms with Gasteiger partial charge in [0.1, 0.15) is 6.20 Å². The van der Waals surface area contributed by atoms with Crippen molar-refractivity contribution in [1.29, 1.82) is 0 Å². The maximum Gasteiger partial charge on any atom is 0.324 e. The minimum absolute atomic E-state index is 0.182. The van der Waals surface area contributed by atoms with Crippen LogP contribution < -0.4 is 4.90 Å². The van der Waals surface area contributed by atoms with Crippen molar-refractivity contribution in [1.82, 2.24) is 9.97 Å². The van der Waals surface area contributed by atoms with Crippen LogP contribution in [0.25, 0.3) is 0 Å². The van der Waals surface area contributed by atoms with E-state index in [1.807, 2.05) is 0 Å². The molecule has 6 nitrogen and oxygen atoms in total. The molecule has 1 aromatic rings. The number of hydrogen-bond donors (Lipinski definition) is 0. The lowest BCUT2D eigenvalue weighted by molar-refractivity contribution is -0.385. The molecule has 0 unspecified atom stereocenters. The Kier molecular flexibility index (Phi) is 4.59. The molecule has 1 aromatic heterocycles. The lowest BCUT2D eigenvalue weighted by Gasteiger charge is -2.18. The molecule has 0 saturated heterocycles. The highest BCUT2D eigenvalue weighted by molar-refractivity contribution is 6.31. The zero-order chi connectivity index (χ0) is 12.8. The lowest BCUT2D eigenvalue weighted by atomic mass is 10.4. The number of hydrogen-bond acceptors (Lipinski definition) is 5. The third-order valence-electron chi connectivity index (χ3n) is 1.89. The van der Waals surface area contributed by atoms with E-state index in [2.05, 4.69) is 23.1 Å². The van der Waals surface area contributed by atoms with E-state index in [-0.39, 0.29) is 10.8 Å². The molecule has 0 aliphatic rings. The second kappa shape index (κ2) is 5.95. The normalized spacial score (nSPS) is 9.71. The molecule has 0 spiro atoms. The summed E-state index contributed by atoms with van der Waals surface area (Å²) < 4.78 is 0. The van der Waals surface area contributed by atoms with Gasteiger partial charge in [0.05, 0.1) is 4.92 Å². The third-order valence-corrected chi connectivity index (χ3v) is 2.17. The molecular formula is C10H11ClN4O2. The van der Waals surface area contributed by atoms with Gasteiger partial charge in [-0.1, -0.05) is 23.8 Å². The fraction of sp³-hybridized carbons (Fsp3) is 0.200. The summed E-state index contributed by atoms with van der Waals surface area (Å²) >= 11 is 5.70. The van der Waals surface area contributed by atoms with E-state index in [1.165, 1.54) is 0 Å². The molecule has 7 heteroatoms. The van der Waals surface area contributed by atoms with Gasteiger partial charge in [0.25, 0.3) is 0 Å². The maximum absolute atomic E-state index is 10.5. The molecule has 0 saturated carbocycles. The molecule has 0 fully saturated rings. The summed E-state index contributed by atoms with van der Waals surface area (Å²) in [5.74, 6) is 0.306. The number of halogens is 1. The summed E-state index contributed by atoms with van der Waals surface area (Å²) in [5.41, 5.74) is -0.312. The topological polar surface area (TPSA) is 72.2 Å². The molecule has 0 amide bonds. The van der Waals surface area contributed by atoms with Crippen molar-refractivity contribution < 1.29 is 4.92 Å². The van der Waals surface area contributed by atoms with Crippen LogP contribution in [0.15, 0.2) is 31.5 Å². The minimum atomic E-state index is -0.628. The average molecular weight is 255 g/mol. The van der Waals surface area contributed by atoms with Gasteiger partial charge in [-0.05, 0) is 0 Å². The lowest BCUT2D eigenvalue weighted by Crippen LogP contribution is -2.25. The first-order valence-electron chi connectivity index (χ1n) is 4.73. The summed E-state index contributed by atoms with van der Waals surface area (Å²) in [4.78, 5) is 19.4. The summed E-state index contributed by atoms with van der Waals surface area (Å²) in [6.07, 6.45) is 4.42. The quantitative estimate of drug-likeness (QED) is 0.337. The predicted molar refractivity (Wildman–Crippen MR) is 66.3 cm³/mol. The van der Waals surface area contributed by atoms with Crippen molar-refractivity contribution in [2.45, 2.75) is 0 Å². The van der Waals surface area contributed by atoms with Crippen molar-refractivity contribution in [3.8, 4) is 0 Å². The van der Waals surface area contributed by atoms with Gasteiger partial charge in [-0.25, -0.2) is 4.98 Å². The Bertz CT molecular complexity index is 440. The standard InChI is InChI=1S/C10H11ClN4O2/c1-3-5-14(6-4-2)10-12-7-8(15(16)17)9(11)13-10/h3-4,7H,1-2,5-6H2. The molecule has 17 heavy (non-hydrogen) atoms. The molecule has 1 heterocycles. The Morgan fingerprint density at radius 3 is 2.47 bits per heavy atom.